The summed E-state index contributed by atoms with van der Waals surface area (Å²) in [5.41, 5.74) is 2.24. The quantitative estimate of drug-likeness (QED) is 0.364. The number of benzene rings is 1. The smallest absolute Gasteiger partial charge is 0.217 e. The summed E-state index contributed by atoms with van der Waals surface area (Å²) in [5.74, 6) is 3.93. The van der Waals surface area contributed by atoms with Crippen LogP contribution in [-0.4, -0.2) is 26.7 Å². The highest BCUT2D eigenvalue weighted by molar-refractivity contribution is 7.19. The molecule has 0 N–H and O–H groups in total. The molecule has 4 heterocycles. The number of ether oxygens (including phenoxy) is 2. The third-order valence-electron chi connectivity index (χ3n) is 5.95. The average molecular weight is 447 g/mol. The topological polar surface area (TPSA) is 74.7 Å². The van der Waals surface area contributed by atoms with E-state index in [9.17, 15) is 0 Å². The van der Waals surface area contributed by atoms with Gasteiger partial charge in [0, 0.05) is 4.88 Å². The maximum absolute atomic E-state index is 5.99. The Kier molecular flexibility index (Phi) is 4.61. The number of aryl methyl sites for hydroxylation is 1. The number of methoxy groups -OCH3 is 1. The van der Waals surface area contributed by atoms with Crippen molar-refractivity contribution in [3.8, 4) is 23.1 Å². The van der Waals surface area contributed by atoms with E-state index in [0.717, 1.165) is 34.6 Å². The minimum Gasteiger partial charge on any atom is -0.493 e. The van der Waals surface area contributed by atoms with Crippen LogP contribution in [-0.2, 0) is 19.4 Å². The molecule has 0 bridgehead atoms. The third-order valence-corrected chi connectivity index (χ3v) is 7.12. The normalized spacial score (nSPS) is 15.9. The Morgan fingerprint density at radius 3 is 2.94 bits per heavy atom. The molecule has 4 aromatic heterocycles. The maximum atomic E-state index is 5.99. The van der Waals surface area contributed by atoms with Crippen LogP contribution in [0.5, 0.6) is 11.5 Å². The number of aromatic nitrogens is 4. The molecule has 0 saturated heterocycles. The average Bonchev–Trinajstić information content (AvgIpc) is 3.53. The molecule has 162 valence electrons. The van der Waals surface area contributed by atoms with Crippen molar-refractivity contribution in [1.82, 2.24) is 19.6 Å². The van der Waals surface area contributed by atoms with Gasteiger partial charge in [-0.05, 0) is 55.0 Å². The Morgan fingerprint density at radius 2 is 2.06 bits per heavy atom. The van der Waals surface area contributed by atoms with Crippen LogP contribution in [0, 0.1) is 5.92 Å². The van der Waals surface area contributed by atoms with Crippen LogP contribution >= 0.6 is 11.3 Å². The van der Waals surface area contributed by atoms with E-state index in [1.807, 2.05) is 36.4 Å². The van der Waals surface area contributed by atoms with Gasteiger partial charge in [-0.1, -0.05) is 19.1 Å². The molecular formula is C24H22N4O3S. The number of thiophene rings is 1. The zero-order chi connectivity index (χ0) is 21.7. The van der Waals surface area contributed by atoms with E-state index >= 15 is 0 Å². The molecule has 1 atom stereocenters. The molecule has 0 radical (unpaired) electrons. The van der Waals surface area contributed by atoms with Crippen LogP contribution in [0.2, 0.25) is 0 Å². The summed E-state index contributed by atoms with van der Waals surface area (Å²) in [6, 6.07) is 11.3. The van der Waals surface area contributed by atoms with Crippen LogP contribution in [0.4, 0.5) is 0 Å². The standard InChI is InChI=1S/C24H22N4O3S/c1-14-7-9-16-20(11-14)32-24-21(16)23-26-22(27-28(23)13-25-24)19-10-8-15(31-19)12-30-18-6-4-3-5-17(18)29-2/h3-6,8,10,13-14H,7,9,11-12H2,1-2H3/t14-/m0/s1. The highest BCUT2D eigenvalue weighted by Gasteiger charge is 2.24. The van der Waals surface area contributed by atoms with E-state index in [1.165, 1.54) is 16.9 Å². The van der Waals surface area contributed by atoms with Crippen molar-refractivity contribution in [2.75, 3.05) is 7.11 Å². The van der Waals surface area contributed by atoms with Gasteiger partial charge in [0.15, 0.2) is 22.9 Å². The van der Waals surface area contributed by atoms with Crippen LogP contribution in [0.25, 0.3) is 27.4 Å². The number of nitrogens with zero attached hydrogens (tertiary/aromatic N) is 4. The Bertz CT molecular complexity index is 1430. The molecule has 0 amide bonds. The van der Waals surface area contributed by atoms with Gasteiger partial charge in [0.25, 0.3) is 0 Å². The molecule has 5 aromatic rings. The zero-order valence-corrected chi connectivity index (χ0v) is 18.7. The number of rotatable bonds is 5. The molecule has 1 aromatic carbocycles. The first kappa shape index (κ1) is 19.3. The Labute approximate surface area is 188 Å². The lowest BCUT2D eigenvalue weighted by Crippen LogP contribution is -2.08. The summed E-state index contributed by atoms with van der Waals surface area (Å²) in [6.07, 6.45) is 5.14. The van der Waals surface area contributed by atoms with E-state index < -0.39 is 0 Å². The van der Waals surface area contributed by atoms with Gasteiger partial charge in [0.1, 0.15) is 23.5 Å². The lowest BCUT2D eigenvalue weighted by Gasteiger charge is -2.17. The second-order valence-electron chi connectivity index (χ2n) is 8.19. The Balaban J connectivity index is 1.31. The molecule has 6 rings (SSSR count). The SMILES string of the molecule is COc1ccccc1OCc1ccc(-c2nc3c4c5c(sc4ncn3n2)C[C@@H](C)CC5)o1. The van der Waals surface area contributed by atoms with Gasteiger partial charge in [-0.15, -0.1) is 16.4 Å². The molecule has 0 fully saturated rings. The van der Waals surface area contributed by atoms with Crippen molar-refractivity contribution in [2.45, 2.75) is 32.8 Å². The molecular weight excluding hydrogens is 424 g/mol. The van der Waals surface area contributed by atoms with Gasteiger partial charge in [0.2, 0.25) is 5.82 Å². The van der Waals surface area contributed by atoms with Gasteiger partial charge >= 0.3 is 0 Å². The van der Waals surface area contributed by atoms with Crippen LogP contribution < -0.4 is 9.47 Å². The number of hydrogen-bond donors (Lipinski definition) is 0. The van der Waals surface area contributed by atoms with Crippen molar-refractivity contribution in [2.24, 2.45) is 5.92 Å². The van der Waals surface area contributed by atoms with Gasteiger partial charge < -0.3 is 13.9 Å². The highest BCUT2D eigenvalue weighted by Crippen LogP contribution is 2.39. The summed E-state index contributed by atoms with van der Waals surface area (Å²) >= 11 is 1.79. The number of hydrogen-bond acceptors (Lipinski definition) is 7. The largest absolute Gasteiger partial charge is 0.493 e. The summed E-state index contributed by atoms with van der Waals surface area (Å²) in [5, 5.41) is 5.77. The molecule has 32 heavy (non-hydrogen) atoms. The van der Waals surface area contributed by atoms with Crippen LogP contribution in [0.15, 0.2) is 47.1 Å². The molecule has 0 aliphatic heterocycles. The monoisotopic (exact) mass is 446 g/mol. The first-order valence-corrected chi connectivity index (χ1v) is 11.5. The van der Waals surface area contributed by atoms with Crippen molar-refractivity contribution in [3.05, 3.63) is 58.9 Å². The Hall–Kier alpha value is -3.39. The molecule has 1 aliphatic carbocycles. The second kappa shape index (κ2) is 7.63. The molecule has 0 saturated carbocycles. The van der Waals surface area contributed by atoms with E-state index in [-0.39, 0.29) is 6.61 Å². The van der Waals surface area contributed by atoms with Gasteiger partial charge in [-0.3, -0.25) is 0 Å². The van der Waals surface area contributed by atoms with Crippen molar-refractivity contribution < 1.29 is 13.9 Å². The molecule has 0 spiro atoms. The number of furan rings is 1. The molecule has 0 unspecified atom stereocenters. The zero-order valence-electron chi connectivity index (χ0n) is 17.9. The van der Waals surface area contributed by atoms with Crippen molar-refractivity contribution in [3.63, 3.8) is 0 Å². The molecule has 8 heteroatoms. The lowest BCUT2D eigenvalue weighted by atomic mass is 9.89. The van der Waals surface area contributed by atoms with Gasteiger partial charge in [0.05, 0.1) is 12.5 Å². The predicted molar refractivity (Wildman–Crippen MR) is 122 cm³/mol. The molecule has 1 aliphatic rings. The van der Waals surface area contributed by atoms with E-state index in [1.54, 1.807) is 29.3 Å². The fraction of sp³-hybridized carbons (Fsp3) is 0.292. The van der Waals surface area contributed by atoms with Crippen LogP contribution in [0.1, 0.15) is 29.5 Å². The summed E-state index contributed by atoms with van der Waals surface area (Å²) < 4.78 is 19.0. The van der Waals surface area contributed by atoms with Gasteiger partial charge in [-0.2, -0.15) is 0 Å². The summed E-state index contributed by atoms with van der Waals surface area (Å²) in [7, 11) is 1.62. The third kappa shape index (κ3) is 3.22. The van der Waals surface area contributed by atoms with Crippen LogP contribution in [0.3, 0.4) is 0 Å². The van der Waals surface area contributed by atoms with E-state index in [0.29, 0.717) is 28.8 Å². The predicted octanol–water partition coefficient (Wildman–Crippen LogP) is 5.31. The summed E-state index contributed by atoms with van der Waals surface area (Å²) in [4.78, 5) is 12.0. The molecule has 7 nitrogen and oxygen atoms in total. The minimum atomic E-state index is 0.287. The summed E-state index contributed by atoms with van der Waals surface area (Å²) in [6.45, 7) is 2.60. The number of fused-ring (bicyclic) bond motifs is 5. The fourth-order valence-electron chi connectivity index (χ4n) is 4.31. The second-order valence-corrected chi connectivity index (χ2v) is 9.27. The number of para-hydroxylation sites is 2. The highest BCUT2D eigenvalue weighted by atomic mass is 32.1. The fourth-order valence-corrected chi connectivity index (χ4v) is 5.65. The first-order valence-electron chi connectivity index (χ1n) is 10.7. The maximum Gasteiger partial charge on any atom is 0.217 e. The van der Waals surface area contributed by atoms with E-state index in [4.69, 9.17) is 18.9 Å². The van der Waals surface area contributed by atoms with Gasteiger partial charge in [-0.25, -0.2) is 14.5 Å². The van der Waals surface area contributed by atoms with E-state index in [2.05, 4.69) is 17.0 Å². The Morgan fingerprint density at radius 1 is 1.19 bits per heavy atom. The van der Waals surface area contributed by atoms with Crippen molar-refractivity contribution >= 4 is 27.2 Å². The minimum absolute atomic E-state index is 0.287. The first-order chi connectivity index (χ1) is 15.7. The van der Waals surface area contributed by atoms with Crippen molar-refractivity contribution in [1.29, 1.82) is 0 Å². The lowest BCUT2D eigenvalue weighted by molar-refractivity contribution is 0.257.